The summed E-state index contributed by atoms with van der Waals surface area (Å²) < 4.78 is 40.9. The third-order valence-corrected chi connectivity index (χ3v) is 7.80. The summed E-state index contributed by atoms with van der Waals surface area (Å²) in [6.45, 7) is 2.95. The molecule has 36 heavy (non-hydrogen) atoms. The first-order valence-electron chi connectivity index (χ1n) is 12.8. The van der Waals surface area contributed by atoms with E-state index >= 15 is 0 Å². The van der Waals surface area contributed by atoms with Crippen molar-refractivity contribution in [2.75, 3.05) is 38.6 Å². The highest BCUT2D eigenvalue weighted by Crippen LogP contribution is 2.44. The lowest BCUT2D eigenvalue weighted by atomic mass is 9.74. The molecule has 1 atom stereocenters. The quantitative estimate of drug-likeness (QED) is 0.369. The predicted molar refractivity (Wildman–Crippen MR) is 142 cm³/mol. The summed E-state index contributed by atoms with van der Waals surface area (Å²) >= 11 is 0. The van der Waals surface area contributed by atoms with Crippen molar-refractivity contribution in [2.45, 2.75) is 31.4 Å². The largest absolute Gasteiger partial charge is 0.416 e. The number of likely N-dealkylation sites (tertiary alicyclic amines) is 1. The summed E-state index contributed by atoms with van der Waals surface area (Å²) in [5.74, 6) is 0.276. The maximum absolute atomic E-state index is 13.6. The predicted octanol–water partition coefficient (Wildman–Crippen LogP) is 7.34. The van der Waals surface area contributed by atoms with E-state index in [-0.39, 0.29) is 5.92 Å². The van der Waals surface area contributed by atoms with Crippen molar-refractivity contribution in [1.29, 1.82) is 0 Å². The Morgan fingerprint density at radius 3 is 2.17 bits per heavy atom. The Kier molecular flexibility index (Phi) is 6.94. The van der Waals surface area contributed by atoms with Crippen molar-refractivity contribution < 1.29 is 13.2 Å². The zero-order valence-electron chi connectivity index (χ0n) is 20.9. The van der Waals surface area contributed by atoms with Crippen LogP contribution in [0.4, 0.5) is 18.9 Å². The first-order chi connectivity index (χ1) is 17.3. The van der Waals surface area contributed by atoms with Gasteiger partial charge in [-0.1, -0.05) is 54.6 Å². The van der Waals surface area contributed by atoms with Crippen LogP contribution in [0.3, 0.4) is 0 Å². The summed E-state index contributed by atoms with van der Waals surface area (Å²) in [5.41, 5.74) is 5.93. The molecular weight excluding hydrogens is 457 g/mol. The first kappa shape index (κ1) is 24.6. The van der Waals surface area contributed by atoms with Crippen LogP contribution in [-0.2, 0) is 12.6 Å². The fraction of sp³-hybridized carbons (Fsp3) is 0.355. The van der Waals surface area contributed by atoms with E-state index < -0.39 is 11.7 Å². The minimum Gasteiger partial charge on any atom is -0.378 e. The molecule has 3 aromatic rings. The van der Waals surface area contributed by atoms with E-state index in [0.29, 0.717) is 5.92 Å². The Labute approximate surface area is 212 Å². The van der Waals surface area contributed by atoms with E-state index in [0.717, 1.165) is 61.2 Å². The van der Waals surface area contributed by atoms with Crippen LogP contribution in [-0.4, -0.2) is 38.6 Å². The monoisotopic (exact) mass is 490 g/mol. The normalized spacial score (nSPS) is 18.4. The fourth-order valence-corrected chi connectivity index (χ4v) is 5.73. The molecular formula is C31H33F3N2. The van der Waals surface area contributed by atoms with Crippen LogP contribution in [0.25, 0.3) is 12.2 Å². The molecule has 5 rings (SSSR count). The number of anilines is 1. The molecule has 2 aliphatic rings. The smallest absolute Gasteiger partial charge is 0.378 e. The fourth-order valence-electron chi connectivity index (χ4n) is 5.73. The average Bonchev–Trinajstić information content (AvgIpc) is 3.04. The van der Waals surface area contributed by atoms with Crippen molar-refractivity contribution in [3.05, 3.63) is 100 Å². The highest BCUT2D eigenvalue weighted by molar-refractivity contribution is 5.76. The van der Waals surface area contributed by atoms with Gasteiger partial charge in [-0.25, -0.2) is 0 Å². The van der Waals surface area contributed by atoms with Crippen LogP contribution in [0.15, 0.2) is 66.7 Å². The number of benzene rings is 3. The molecule has 0 aromatic heterocycles. The van der Waals surface area contributed by atoms with Crippen LogP contribution in [0.2, 0.25) is 0 Å². The molecule has 1 heterocycles. The van der Waals surface area contributed by atoms with Crippen molar-refractivity contribution >= 4 is 17.8 Å². The van der Waals surface area contributed by atoms with E-state index in [9.17, 15) is 13.2 Å². The lowest BCUT2D eigenvalue weighted by molar-refractivity contribution is -0.137. The van der Waals surface area contributed by atoms with Gasteiger partial charge in [-0.05, 0) is 90.4 Å². The van der Waals surface area contributed by atoms with Gasteiger partial charge < -0.3 is 9.80 Å². The summed E-state index contributed by atoms with van der Waals surface area (Å²) in [6, 6.07) is 21.2. The van der Waals surface area contributed by atoms with E-state index in [4.69, 9.17) is 0 Å². The van der Waals surface area contributed by atoms with Crippen LogP contribution >= 0.6 is 0 Å². The van der Waals surface area contributed by atoms with Gasteiger partial charge in [-0.2, -0.15) is 13.2 Å². The van der Waals surface area contributed by atoms with E-state index in [1.54, 1.807) is 6.07 Å². The third kappa shape index (κ3) is 5.22. The van der Waals surface area contributed by atoms with Gasteiger partial charge in [0.2, 0.25) is 0 Å². The highest BCUT2D eigenvalue weighted by Gasteiger charge is 2.35. The Hall–Kier alpha value is -3.05. The van der Waals surface area contributed by atoms with Gasteiger partial charge in [-0.3, -0.25) is 0 Å². The van der Waals surface area contributed by atoms with E-state index in [2.05, 4.69) is 52.3 Å². The second-order valence-electron chi connectivity index (χ2n) is 10.3. The Bertz CT molecular complexity index is 1220. The van der Waals surface area contributed by atoms with Crippen LogP contribution < -0.4 is 4.90 Å². The lowest BCUT2D eigenvalue weighted by Crippen LogP contribution is -2.37. The number of fused-ring (bicyclic) bond motifs is 2. The molecule has 1 aliphatic carbocycles. The third-order valence-electron chi connectivity index (χ3n) is 7.80. The van der Waals surface area contributed by atoms with Crippen molar-refractivity contribution in [1.82, 2.24) is 4.90 Å². The maximum Gasteiger partial charge on any atom is 0.416 e. The highest BCUT2D eigenvalue weighted by atomic mass is 19.4. The molecule has 188 valence electrons. The molecule has 5 heteroatoms. The summed E-state index contributed by atoms with van der Waals surface area (Å²) in [5, 5.41) is 0. The molecule has 2 nitrogen and oxygen atoms in total. The number of halogens is 3. The van der Waals surface area contributed by atoms with Gasteiger partial charge >= 0.3 is 6.18 Å². The van der Waals surface area contributed by atoms with Gasteiger partial charge in [0.05, 0.1) is 5.56 Å². The van der Waals surface area contributed by atoms with Crippen LogP contribution in [0, 0.1) is 5.92 Å². The molecule has 0 radical (unpaired) electrons. The molecule has 1 unspecified atom stereocenters. The number of hydrogen-bond donors (Lipinski definition) is 0. The number of piperidine rings is 1. The van der Waals surface area contributed by atoms with Gasteiger partial charge in [0.1, 0.15) is 0 Å². The molecule has 3 aromatic carbocycles. The number of alkyl halides is 3. The maximum atomic E-state index is 13.6. The zero-order chi connectivity index (χ0) is 25.3. The molecule has 0 N–H and O–H groups in total. The molecule has 0 saturated carbocycles. The summed E-state index contributed by atoms with van der Waals surface area (Å²) in [6.07, 6.45) is 2.65. The number of rotatable bonds is 5. The summed E-state index contributed by atoms with van der Waals surface area (Å²) in [7, 11) is 4.09. The van der Waals surface area contributed by atoms with Crippen molar-refractivity contribution in [3.63, 3.8) is 0 Å². The van der Waals surface area contributed by atoms with Crippen LogP contribution in [0.5, 0.6) is 0 Å². The first-order valence-corrected chi connectivity index (χ1v) is 12.8. The van der Waals surface area contributed by atoms with Crippen LogP contribution in [0.1, 0.15) is 52.1 Å². The van der Waals surface area contributed by atoms with Gasteiger partial charge in [0, 0.05) is 32.2 Å². The molecule has 0 amide bonds. The van der Waals surface area contributed by atoms with Gasteiger partial charge in [0.15, 0.2) is 0 Å². The average molecular weight is 491 g/mol. The number of nitrogens with zero attached hydrogens (tertiary/aromatic N) is 2. The molecule has 1 saturated heterocycles. The minimum atomic E-state index is -4.34. The van der Waals surface area contributed by atoms with E-state index in [1.807, 2.05) is 32.3 Å². The van der Waals surface area contributed by atoms with Crippen molar-refractivity contribution in [2.24, 2.45) is 5.92 Å². The van der Waals surface area contributed by atoms with Gasteiger partial charge in [-0.15, -0.1) is 0 Å². The Morgan fingerprint density at radius 1 is 0.833 bits per heavy atom. The summed E-state index contributed by atoms with van der Waals surface area (Å²) in [4.78, 5) is 4.61. The topological polar surface area (TPSA) is 6.48 Å². The second-order valence-corrected chi connectivity index (χ2v) is 10.3. The van der Waals surface area contributed by atoms with Gasteiger partial charge in [0.25, 0.3) is 0 Å². The standard InChI is InChI=1S/C31H33F3N2/c1-35(2)27-13-7-22(8-14-27)15-18-36-19-16-25(17-20-36)30-28-6-4-3-5-23(28)9-10-24-11-12-26(21-29(24)30)31(32,33)34/h3-14,21,25,30H,15-20H2,1-2H3. The Balaban J connectivity index is 1.33. The number of hydrogen-bond acceptors (Lipinski definition) is 2. The van der Waals surface area contributed by atoms with E-state index in [1.165, 1.54) is 23.4 Å². The SMILES string of the molecule is CN(C)c1ccc(CCN2CCC(C3c4ccccc4C=Cc4ccc(C(F)(F)F)cc43)CC2)cc1. The van der Waals surface area contributed by atoms with Crippen molar-refractivity contribution in [3.8, 4) is 0 Å². The molecule has 0 spiro atoms. The molecule has 0 bridgehead atoms. The minimum absolute atomic E-state index is 0.0331. The zero-order valence-corrected chi connectivity index (χ0v) is 20.9. The Morgan fingerprint density at radius 2 is 1.50 bits per heavy atom. The molecule has 1 fully saturated rings. The molecule has 1 aliphatic heterocycles. The lowest BCUT2D eigenvalue weighted by Gasteiger charge is -2.37. The second kappa shape index (κ2) is 10.1.